The van der Waals surface area contributed by atoms with Crippen molar-refractivity contribution in [2.24, 2.45) is 10.9 Å². The van der Waals surface area contributed by atoms with Crippen molar-refractivity contribution in [1.29, 1.82) is 0 Å². The third-order valence-electron chi connectivity index (χ3n) is 3.09. The van der Waals surface area contributed by atoms with Crippen LogP contribution >= 0.6 is 0 Å². The molecule has 1 saturated heterocycles. The SMILES string of the molecule is C[C@@H]1CN(C(=O)c2ccc(/C(N)=N/O)cn2)C[C@H](C)O1. The number of carbonyl (C=O) groups excluding carboxylic acids is 1. The van der Waals surface area contributed by atoms with E-state index < -0.39 is 0 Å². The highest BCUT2D eigenvalue weighted by atomic mass is 16.5. The van der Waals surface area contributed by atoms with Gasteiger partial charge in [-0.2, -0.15) is 0 Å². The van der Waals surface area contributed by atoms with Gasteiger partial charge in [-0.3, -0.25) is 9.78 Å². The van der Waals surface area contributed by atoms with Crippen molar-refractivity contribution in [2.75, 3.05) is 13.1 Å². The summed E-state index contributed by atoms with van der Waals surface area (Å²) in [6.45, 7) is 4.97. The highest BCUT2D eigenvalue weighted by Gasteiger charge is 2.27. The average Bonchev–Trinajstić information content (AvgIpc) is 2.45. The number of nitrogens with two attached hydrogens (primary N) is 1. The number of ether oxygens (including phenoxy) is 1. The molecule has 1 fully saturated rings. The molecule has 2 rings (SSSR count). The molecule has 3 N–H and O–H groups in total. The lowest BCUT2D eigenvalue weighted by molar-refractivity contribution is -0.0587. The van der Waals surface area contributed by atoms with Gasteiger partial charge >= 0.3 is 0 Å². The largest absolute Gasteiger partial charge is 0.409 e. The molecule has 0 aliphatic carbocycles. The van der Waals surface area contributed by atoms with E-state index in [1.54, 1.807) is 17.0 Å². The fraction of sp³-hybridized carbons (Fsp3) is 0.462. The highest BCUT2D eigenvalue weighted by molar-refractivity contribution is 5.98. The third kappa shape index (κ3) is 3.05. The Balaban J connectivity index is 2.13. The summed E-state index contributed by atoms with van der Waals surface area (Å²) < 4.78 is 5.59. The molecule has 20 heavy (non-hydrogen) atoms. The molecule has 0 bridgehead atoms. The predicted molar refractivity (Wildman–Crippen MR) is 72.7 cm³/mol. The van der Waals surface area contributed by atoms with Crippen molar-refractivity contribution in [3.63, 3.8) is 0 Å². The Morgan fingerprint density at radius 1 is 1.45 bits per heavy atom. The van der Waals surface area contributed by atoms with Crippen LogP contribution in [-0.2, 0) is 4.74 Å². The molecule has 2 atom stereocenters. The first-order chi connectivity index (χ1) is 9.51. The summed E-state index contributed by atoms with van der Waals surface area (Å²) in [5.74, 6) is -0.178. The molecule has 1 aromatic heterocycles. The second-order valence-electron chi connectivity index (χ2n) is 4.88. The number of amidine groups is 1. The van der Waals surface area contributed by atoms with Gasteiger partial charge in [0.1, 0.15) is 5.69 Å². The number of amides is 1. The van der Waals surface area contributed by atoms with Gasteiger partial charge in [-0.1, -0.05) is 5.16 Å². The number of aromatic nitrogens is 1. The van der Waals surface area contributed by atoms with E-state index in [1.807, 2.05) is 13.8 Å². The van der Waals surface area contributed by atoms with E-state index in [1.165, 1.54) is 6.20 Å². The lowest BCUT2D eigenvalue weighted by Gasteiger charge is -2.35. The van der Waals surface area contributed by atoms with Crippen molar-refractivity contribution < 1.29 is 14.7 Å². The van der Waals surface area contributed by atoms with Crippen molar-refractivity contribution in [2.45, 2.75) is 26.1 Å². The highest BCUT2D eigenvalue weighted by Crippen LogP contribution is 2.13. The maximum absolute atomic E-state index is 12.3. The van der Waals surface area contributed by atoms with Crippen LogP contribution in [0.15, 0.2) is 23.5 Å². The smallest absolute Gasteiger partial charge is 0.272 e. The van der Waals surface area contributed by atoms with E-state index in [-0.39, 0.29) is 24.0 Å². The van der Waals surface area contributed by atoms with Crippen molar-refractivity contribution in [3.8, 4) is 0 Å². The maximum atomic E-state index is 12.3. The van der Waals surface area contributed by atoms with E-state index >= 15 is 0 Å². The van der Waals surface area contributed by atoms with Gasteiger partial charge in [0, 0.05) is 24.8 Å². The molecule has 0 spiro atoms. The average molecular weight is 278 g/mol. The number of hydrogen-bond acceptors (Lipinski definition) is 5. The number of nitrogens with zero attached hydrogens (tertiary/aromatic N) is 3. The summed E-state index contributed by atoms with van der Waals surface area (Å²) in [7, 11) is 0. The number of pyridine rings is 1. The quantitative estimate of drug-likeness (QED) is 0.353. The van der Waals surface area contributed by atoms with Crippen molar-refractivity contribution >= 4 is 11.7 Å². The van der Waals surface area contributed by atoms with E-state index in [0.717, 1.165) is 0 Å². The van der Waals surface area contributed by atoms with Gasteiger partial charge in [0.05, 0.1) is 12.2 Å². The fourth-order valence-electron chi connectivity index (χ4n) is 2.24. The van der Waals surface area contributed by atoms with Crippen LogP contribution < -0.4 is 5.73 Å². The Kier molecular flexibility index (Phi) is 4.19. The fourth-order valence-corrected chi connectivity index (χ4v) is 2.24. The topological polar surface area (TPSA) is 101 Å². The van der Waals surface area contributed by atoms with Crippen molar-refractivity contribution in [3.05, 3.63) is 29.6 Å². The number of rotatable bonds is 2. The molecular formula is C13H18N4O3. The Labute approximate surface area is 117 Å². The minimum absolute atomic E-state index is 0.0131. The molecule has 1 aliphatic heterocycles. The van der Waals surface area contributed by atoms with Gasteiger partial charge in [0.25, 0.3) is 5.91 Å². The van der Waals surface area contributed by atoms with E-state index in [4.69, 9.17) is 15.7 Å². The second-order valence-corrected chi connectivity index (χ2v) is 4.88. The first-order valence-electron chi connectivity index (χ1n) is 6.40. The van der Waals surface area contributed by atoms with Crippen LogP contribution in [-0.4, -0.2) is 52.1 Å². The molecule has 2 heterocycles. The van der Waals surface area contributed by atoms with E-state index in [0.29, 0.717) is 24.3 Å². The molecule has 7 nitrogen and oxygen atoms in total. The Morgan fingerprint density at radius 3 is 2.60 bits per heavy atom. The zero-order valence-corrected chi connectivity index (χ0v) is 11.5. The lowest BCUT2D eigenvalue weighted by atomic mass is 10.2. The van der Waals surface area contributed by atoms with Crippen LogP contribution in [0.5, 0.6) is 0 Å². The number of carbonyl (C=O) groups is 1. The summed E-state index contributed by atoms with van der Waals surface area (Å²) in [5.41, 5.74) is 6.25. The third-order valence-corrected chi connectivity index (χ3v) is 3.09. The molecule has 0 aromatic carbocycles. The minimum atomic E-state index is -0.141. The molecule has 0 saturated carbocycles. The van der Waals surface area contributed by atoms with Gasteiger partial charge in [0.15, 0.2) is 5.84 Å². The van der Waals surface area contributed by atoms with E-state index in [2.05, 4.69) is 10.1 Å². The van der Waals surface area contributed by atoms with Gasteiger partial charge in [-0.15, -0.1) is 0 Å². The summed E-state index contributed by atoms with van der Waals surface area (Å²) in [6, 6.07) is 3.17. The number of oxime groups is 1. The Hall–Kier alpha value is -2.15. The molecule has 108 valence electrons. The predicted octanol–water partition coefficient (Wildman–Crippen LogP) is 0.425. The second kappa shape index (κ2) is 5.87. The van der Waals surface area contributed by atoms with Crippen LogP contribution in [0.1, 0.15) is 29.9 Å². The van der Waals surface area contributed by atoms with Crippen LogP contribution in [0.4, 0.5) is 0 Å². The Bertz CT molecular complexity index is 505. The first-order valence-corrected chi connectivity index (χ1v) is 6.40. The number of hydrogen-bond donors (Lipinski definition) is 2. The summed E-state index contributed by atoms with van der Waals surface area (Å²) in [4.78, 5) is 18.1. The minimum Gasteiger partial charge on any atom is -0.409 e. The van der Waals surface area contributed by atoms with E-state index in [9.17, 15) is 4.79 Å². The van der Waals surface area contributed by atoms with Crippen LogP contribution in [0.2, 0.25) is 0 Å². The molecule has 0 radical (unpaired) electrons. The maximum Gasteiger partial charge on any atom is 0.272 e. The number of morpholine rings is 1. The van der Waals surface area contributed by atoms with Crippen LogP contribution in [0.25, 0.3) is 0 Å². The standard InChI is InChI=1S/C13H18N4O3/c1-8-6-17(7-9(2)20-8)13(18)11-4-3-10(5-15-11)12(14)16-19/h3-5,8-9,19H,6-7H2,1-2H3,(H2,14,16)/t8-,9+. The molecule has 0 unspecified atom stereocenters. The zero-order chi connectivity index (χ0) is 14.7. The zero-order valence-electron chi connectivity index (χ0n) is 11.5. The lowest BCUT2D eigenvalue weighted by Crippen LogP contribution is -2.48. The molecule has 1 aliphatic rings. The molecular weight excluding hydrogens is 260 g/mol. The van der Waals surface area contributed by atoms with Gasteiger partial charge in [0.2, 0.25) is 0 Å². The Morgan fingerprint density at radius 2 is 2.10 bits per heavy atom. The van der Waals surface area contributed by atoms with Crippen molar-refractivity contribution in [1.82, 2.24) is 9.88 Å². The summed E-state index contributed by atoms with van der Waals surface area (Å²) >= 11 is 0. The molecule has 1 aromatic rings. The first kappa shape index (κ1) is 14.3. The normalized spacial score (nSPS) is 23.7. The van der Waals surface area contributed by atoms with Gasteiger partial charge in [-0.05, 0) is 26.0 Å². The molecule has 7 heteroatoms. The monoisotopic (exact) mass is 278 g/mol. The summed E-state index contributed by atoms with van der Waals surface area (Å²) in [6.07, 6.45) is 1.44. The van der Waals surface area contributed by atoms with Crippen LogP contribution in [0, 0.1) is 0 Å². The van der Waals surface area contributed by atoms with Gasteiger partial charge in [-0.25, -0.2) is 0 Å². The van der Waals surface area contributed by atoms with Gasteiger partial charge < -0.3 is 20.6 Å². The summed E-state index contributed by atoms with van der Waals surface area (Å²) in [5, 5.41) is 11.5. The molecule has 1 amide bonds. The van der Waals surface area contributed by atoms with Crippen LogP contribution in [0.3, 0.4) is 0 Å².